The average Bonchev–Trinajstić information content (AvgIpc) is 3.16. The van der Waals surface area contributed by atoms with E-state index < -0.39 is 51.1 Å². The number of phosphoric ester groups is 1. The summed E-state index contributed by atoms with van der Waals surface area (Å²) in [5.41, 5.74) is 5.33. The minimum absolute atomic E-state index is 0.166. The lowest BCUT2D eigenvalue weighted by atomic mass is 10.0. The number of allylic oxidation sites excluding steroid dienone is 2. The SMILES string of the molecule is CCCCCCCC/C=C/CCCCCCCCCCCCCC(=O)OC[C@@H](COP(=O)(O)OC[C@H](N)C(=O)O)OC(=O)CCCCCCCCCCCC. The van der Waals surface area contributed by atoms with E-state index in [2.05, 4.69) is 30.5 Å². The van der Waals surface area contributed by atoms with Crippen LogP contribution in [0.1, 0.15) is 213 Å². The van der Waals surface area contributed by atoms with Crippen LogP contribution in [0.3, 0.4) is 0 Å². The normalized spacial score (nSPS) is 13.8. The zero-order valence-corrected chi connectivity index (χ0v) is 35.9. The summed E-state index contributed by atoms with van der Waals surface area (Å²) >= 11 is 0. The quantitative estimate of drug-likeness (QED) is 0.0232. The Morgan fingerprint density at radius 3 is 1.33 bits per heavy atom. The Balaban J connectivity index is 4.20. The van der Waals surface area contributed by atoms with Crippen LogP contribution in [0.5, 0.6) is 0 Å². The molecule has 11 nitrogen and oxygen atoms in total. The van der Waals surface area contributed by atoms with Crippen LogP contribution in [0.2, 0.25) is 0 Å². The number of ether oxygens (including phenoxy) is 2. The van der Waals surface area contributed by atoms with Gasteiger partial charge in [-0.05, 0) is 38.5 Å². The van der Waals surface area contributed by atoms with Crippen LogP contribution in [0.15, 0.2) is 12.2 Å². The Bertz CT molecular complexity index is 995. The predicted molar refractivity (Wildman–Crippen MR) is 222 cm³/mol. The van der Waals surface area contributed by atoms with Crippen molar-refractivity contribution in [1.29, 1.82) is 0 Å². The van der Waals surface area contributed by atoms with E-state index in [0.717, 1.165) is 38.5 Å². The van der Waals surface area contributed by atoms with Gasteiger partial charge in [0.05, 0.1) is 13.2 Å². The van der Waals surface area contributed by atoms with E-state index in [-0.39, 0.29) is 19.4 Å². The van der Waals surface area contributed by atoms with Crippen molar-refractivity contribution >= 4 is 25.7 Å². The number of unbranched alkanes of at least 4 members (excludes halogenated alkanes) is 26. The molecule has 4 N–H and O–H groups in total. The number of carbonyl (C=O) groups is 3. The fourth-order valence-electron chi connectivity index (χ4n) is 6.24. The molecule has 0 bridgehead atoms. The fourth-order valence-corrected chi connectivity index (χ4v) is 7.02. The second kappa shape index (κ2) is 39.1. The van der Waals surface area contributed by atoms with E-state index in [1.807, 2.05) is 0 Å². The molecule has 0 aliphatic heterocycles. The maximum atomic E-state index is 12.6. The summed E-state index contributed by atoms with van der Waals surface area (Å²) in [6, 6.07) is -1.52. The van der Waals surface area contributed by atoms with Crippen LogP contribution >= 0.6 is 7.82 Å². The van der Waals surface area contributed by atoms with Crippen molar-refractivity contribution in [2.24, 2.45) is 5.73 Å². The summed E-state index contributed by atoms with van der Waals surface area (Å²) in [6.45, 7) is 2.80. The number of nitrogens with two attached hydrogens (primary N) is 1. The number of carbonyl (C=O) groups excluding carboxylic acids is 2. The number of rotatable bonds is 42. The number of esters is 2. The molecule has 0 saturated heterocycles. The molecule has 0 fully saturated rings. The standard InChI is InChI=1S/C43H82NO10P/c1-3-5-7-9-11-13-15-16-17-18-19-20-21-22-23-24-25-27-28-30-32-34-41(45)51-36-39(37-52-55(49,50)53-38-40(44)43(47)48)54-42(46)35-33-31-29-26-14-12-10-8-6-4-2/h16-17,39-40H,3-15,18-38,44H2,1-2H3,(H,47,48)(H,49,50)/b17-16+/t39-,40-/m0/s1. The third-order valence-electron chi connectivity index (χ3n) is 9.76. The number of aliphatic carboxylic acids is 1. The first kappa shape index (κ1) is 53.2. The molecule has 0 aliphatic rings. The highest BCUT2D eigenvalue weighted by Gasteiger charge is 2.28. The van der Waals surface area contributed by atoms with E-state index in [1.54, 1.807) is 0 Å². The highest BCUT2D eigenvalue weighted by atomic mass is 31.2. The highest BCUT2D eigenvalue weighted by molar-refractivity contribution is 7.47. The van der Waals surface area contributed by atoms with E-state index in [4.69, 9.17) is 24.8 Å². The third kappa shape index (κ3) is 38.9. The lowest BCUT2D eigenvalue weighted by molar-refractivity contribution is -0.161. The summed E-state index contributed by atoms with van der Waals surface area (Å²) in [6.07, 6.45) is 38.6. The van der Waals surface area contributed by atoms with E-state index in [9.17, 15) is 23.8 Å². The molecule has 0 aromatic rings. The lowest BCUT2D eigenvalue weighted by Gasteiger charge is -2.20. The van der Waals surface area contributed by atoms with Crippen LogP contribution in [0, 0.1) is 0 Å². The molecule has 0 amide bonds. The largest absolute Gasteiger partial charge is 0.480 e. The van der Waals surface area contributed by atoms with Gasteiger partial charge in [0.1, 0.15) is 12.6 Å². The van der Waals surface area contributed by atoms with E-state index in [1.165, 1.54) is 135 Å². The van der Waals surface area contributed by atoms with Gasteiger partial charge in [0, 0.05) is 12.8 Å². The third-order valence-corrected chi connectivity index (χ3v) is 10.7. The van der Waals surface area contributed by atoms with Crippen molar-refractivity contribution < 1.29 is 47.5 Å². The van der Waals surface area contributed by atoms with E-state index >= 15 is 0 Å². The van der Waals surface area contributed by atoms with Crippen LogP contribution in [-0.4, -0.2) is 59.9 Å². The Morgan fingerprint density at radius 1 is 0.545 bits per heavy atom. The van der Waals surface area contributed by atoms with Gasteiger partial charge in [-0.2, -0.15) is 0 Å². The van der Waals surface area contributed by atoms with Gasteiger partial charge < -0.3 is 25.2 Å². The van der Waals surface area contributed by atoms with Crippen molar-refractivity contribution in [1.82, 2.24) is 0 Å². The topological polar surface area (TPSA) is 172 Å². The lowest BCUT2D eigenvalue weighted by Crippen LogP contribution is -2.34. The molecule has 55 heavy (non-hydrogen) atoms. The van der Waals surface area contributed by atoms with Gasteiger partial charge in [-0.25, -0.2) is 4.57 Å². The maximum Gasteiger partial charge on any atom is 0.472 e. The number of carboxylic acid groups (broad SMARTS) is 1. The van der Waals surface area contributed by atoms with Gasteiger partial charge >= 0.3 is 25.7 Å². The molecule has 0 radical (unpaired) electrons. The molecule has 0 aromatic carbocycles. The van der Waals surface area contributed by atoms with Gasteiger partial charge in [-0.15, -0.1) is 0 Å². The molecule has 0 aliphatic carbocycles. The summed E-state index contributed by atoms with van der Waals surface area (Å²) < 4.78 is 32.6. The summed E-state index contributed by atoms with van der Waals surface area (Å²) in [5, 5.41) is 8.87. The minimum Gasteiger partial charge on any atom is -0.480 e. The van der Waals surface area contributed by atoms with Crippen molar-refractivity contribution in [3.05, 3.63) is 12.2 Å². The molecule has 0 heterocycles. The first-order chi connectivity index (χ1) is 26.6. The number of hydrogen-bond donors (Lipinski definition) is 3. The smallest absolute Gasteiger partial charge is 0.472 e. The molecule has 3 atom stereocenters. The zero-order valence-electron chi connectivity index (χ0n) is 35.0. The molecule has 0 spiro atoms. The first-order valence-corrected chi connectivity index (χ1v) is 23.7. The van der Waals surface area contributed by atoms with Crippen molar-refractivity contribution in [3.63, 3.8) is 0 Å². The number of carboxylic acids is 1. The van der Waals surface area contributed by atoms with Gasteiger partial charge in [-0.1, -0.05) is 174 Å². The van der Waals surface area contributed by atoms with E-state index in [0.29, 0.717) is 12.8 Å². The van der Waals surface area contributed by atoms with Crippen LogP contribution in [0.4, 0.5) is 0 Å². The minimum atomic E-state index is -4.71. The molecule has 12 heteroatoms. The number of hydrogen-bond acceptors (Lipinski definition) is 9. The monoisotopic (exact) mass is 804 g/mol. The van der Waals surface area contributed by atoms with Crippen LogP contribution < -0.4 is 5.73 Å². The van der Waals surface area contributed by atoms with Gasteiger partial charge in [0.2, 0.25) is 0 Å². The summed E-state index contributed by atoms with van der Waals surface area (Å²) in [5.74, 6) is -2.37. The number of phosphoric acid groups is 1. The molecule has 324 valence electrons. The van der Waals surface area contributed by atoms with Crippen molar-refractivity contribution in [3.8, 4) is 0 Å². The second-order valence-electron chi connectivity index (χ2n) is 15.2. The molecular formula is C43H82NO10P. The maximum absolute atomic E-state index is 12.6. The Morgan fingerprint density at radius 2 is 0.909 bits per heavy atom. The average molecular weight is 804 g/mol. The Kier molecular flexibility index (Phi) is 37.8. The fraction of sp³-hybridized carbons (Fsp3) is 0.884. The van der Waals surface area contributed by atoms with Gasteiger partial charge in [-0.3, -0.25) is 23.4 Å². The predicted octanol–water partition coefficient (Wildman–Crippen LogP) is 11.7. The molecular weight excluding hydrogens is 721 g/mol. The molecule has 0 saturated carbocycles. The van der Waals surface area contributed by atoms with Gasteiger partial charge in [0.15, 0.2) is 6.10 Å². The molecule has 0 rings (SSSR count). The molecule has 1 unspecified atom stereocenters. The van der Waals surface area contributed by atoms with Crippen molar-refractivity contribution in [2.75, 3.05) is 19.8 Å². The van der Waals surface area contributed by atoms with Crippen molar-refractivity contribution in [2.45, 2.75) is 225 Å². The summed E-state index contributed by atoms with van der Waals surface area (Å²) in [4.78, 5) is 45.8. The highest BCUT2D eigenvalue weighted by Crippen LogP contribution is 2.43. The van der Waals surface area contributed by atoms with Crippen LogP contribution in [0.25, 0.3) is 0 Å². The Hall–Kier alpha value is -1.78. The van der Waals surface area contributed by atoms with Gasteiger partial charge in [0.25, 0.3) is 0 Å². The molecule has 0 aromatic heterocycles. The summed E-state index contributed by atoms with van der Waals surface area (Å²) in [7, 11) is -4.71. The zero-order chi connectivity index (χ0) is 40.7. The van der Waals surface area contributed by atoms with Crippen LogP contribution in [-0.2, 0) is 37.5 Å². The Labute approximate surface area is 335 Å². The first-order valence-electron chi connectivity index (χ1n) is 22.2. The second-order valence-corrected chi connectivity index (χ2v) is 16.6.